The Labute approximate surface area is 366 Å². The highest BCUT2D eigenvalue weighted by Crippen LogP contribution is 2.46. The molecule has 62 heavy (non-hydrogen) atoms. The van der Waals surface area contributed by atoms with Crippen molar-refractivity contribution in [2.75, 3.05) is 0 Å². The van der Waals surface area contributed by atoms with E-state index in [2.05, 4.69) is 212 Å². The van der Waals surface area contributed by atoms with Crippen LogP contribution in [0.1, 0.15) is 0 Å². The molecule has 0 aliphatic carbocycles. The second-order valence-corrected chi connectivity index (χ2v) is 17.6. The lowest BCUT2D eigenvalue weighted by molar-refractivity contribution is 1.08. The van der Waals surface area contributed by atoms with Gasteiger partial charge in [0.2, 0.25) is 0 Å². The summed E-state index contributed by atoms with van der Waals surface area (Å²) < 4.78 is 4.80. The van der Waals surface area contributed by atoms with Crippen LogP contribution in [0.2, 0.25) is 0 Å². The van der Waals surface area contributed by atoms with Crippen LogP contribution in [0.4, 0.5) is 0 Å². The van der Waals surface area contributed by atoms with Crippen LogP contribution in [0, 0.1) is 0 Å². The average Bonchev–Trinajstić information content (AvgIpc) is 3.93. The van der Waals surface area contributed by atoms with Crippen LogP contribution in [-0.2, 0) is 0 Å². The highest BCUT2D eigenvalue weighted by Gasteiger charge is 2.24. The van der Waals surface area contributed by atoms with Crippen LogP contribution >= 0.6 is 22.7 Å². The maximum atomic E-state index is 5.59. The van der Waals surface area contributed by atoms with Gasteiger partial charge in [-0.05, 0) is 87.0 Å². The minimum Gasteiger partial charge on any atom is -0.208 e. The summed E-state index contributed by atoms with van der Waals surface area (Å²) in [6, 6.07) is 75.7. The molecule has 12 aromatic rings. The number of benzene rings is 9. The molecule has 0 aliphatic rings. The van der Waals surface area contributed by atoms with E-state index in [1.165, 1.54) is 30.9 Å². The number of hydrogen-bond donors (Lipinski definition) is 0. The molecule has 0 fully saturated rings. The van der Waals surface area contributed by atoms with Gasteiger partial charge in [-0.1, -0.05) is 170 Å². The van der Waals surface area contributed by atoms with Crippen molar-refractivity contribution in [1.29, 1.82) is 0 Å². The first kappa shape index (κ1) is 36.3. The van der Waals surface area contributed by atoms with E-state index in [1.54, 1.807) is 22.7 Å². The van der Waals surface area contributed by atoms with Crippen LogP contribution < -0.4 is 0 Å². The van der Waals surface area contributed by atoms with Gasteiger partial charge in [-0.2, -0.15) is 0 Å². The van der Waals surface area contributed by atoms with Gasteiger partial charge in [-0.15, -0.1) is 22.7 Å². The van der Waals surface area contributed by atoms with E-state index >= 15 is 0 Å². The van der Waals surface area contributed by atoms with Crippen molar-refractivity contribution in [1.82, 2.24) is 15.0 Å². The predicted octanol–water partition coefficient (Wildman–Crippen LogP) is 16.3. The third-order valence-electron chi connectivity index (χ3n) is 11.8. The van der Waals surface area contributed by atoms with E-state index in [9.17, 15) is 0 Å². The topological polar surface area (TPSA) is 38.7 Å². The minimum absolute atomic E-state index is 0.625. The maximum absolute atomic E-state index is 5.59. The summed E-state index contributed by atoms with van der Waals surface area (Å²) in [6.07, 6.45) is 0. The predicted molar refractivity (Wildman–Crippen MR) is 264 cm³/mol. The fourth-order valence-electron chi connectivity index (χ4n) is 8.83. The van der Waals surface area contributed by atoms with E-state index in [0.29, 0.717) is 17.5 Å². The number of fused-ring (bicyclic) bond motifs is 6. The van der Waals surface area contributed by atoms with Gasteiger partial charge in [0.05, 0.1) is 0 Å². The van der Waals surface area contributed by atoms with E-state index in [-0.39, 0.29) is 0 Å². The molecular formula is C57H35N3S2. The number of rotatable bonds is 7. The van der Waals surface area contributed by atoms with Gasteiger partial charge in [0.15, 0.2) is 17.5 Å². The Hall–Kier alpha value is -7.57. The number of hydrogen-bond acceptors (Lipinski definition) is 5. The van der Waals surface area contributed by atoms with Gasteiger partial charge in [0.25, 0.3) is 0 Å². The molecule has 9 aromatic carbocycles. The summed E-state index contributed by atoms with van der Waals surface area (Å²) >= 11 is 3.59. The summed E-state index contributed by atoms with van der Waals surface area (Å²) in [5.74, 6) is 1.92. The van der Waals surface area contributed by atoms with Crippen LogP contribution in [0.15, 0.2) is 212 Å². The zero-order chi connectivity index (χ0) is 41.0. The normalized spacial score (nSPS) is 11.5. The molecule has 0 spiro atoms. The van der Waals surface area contributed by atoms with Crippen LogP contribution in [0.25, 0.3) is 119 Å². The number of nitrogens with zero attached hydrogens (tertiary/aromatic N) is 3. The molecule has 0 atom stereocenters. The van der Waals surface area contributed by atoms with E-state index in [0.717, 1.165) is 70.6 Å². The highest BCUT2D eigenvalue weighted by molar-refractivity contribution is 7.26. The van der Waals surface area contributed by atoms with Crippen molar-refractivity contribution < 1.29 is 0 Å². The van der Waals surface area contributed by atoms with Crippen LogP contribution in [0.5, 0.6) is 0 Å². The zero-order valence-electron chi connectivity index (χ0n) is 33.4. The lowest BCUT2D eigenvalue weighted by atomic mass is 9.86. The SMILES string of the molecule is c1ccc(-c2cccc(-c3cc(-c4ccccc4)cc(-c4ccccc4)c3-c3nc(-c4cccc5c4sc4ccccc45)nc(-c4cccc5c4sc4ccccc45)n3)c2)cc1. The molecule has 5 heteroatoms. The van der Waals surface area contributed by atoms with Crippen molar-refractivity contribution in [2.24, 2.45) is 0 Å². The molecule has 0 N–H and O–H groups in total. The number of thiophene rings is 2. The Kier molecular flexibility index (Phi) is 8.87. The zero-order valence-corrected chi connectivity index (χ0v) is 35.0. The maximum Gasteiger partial charge on any atom is 0.165 e. The largest absolute Gasteiger partial charge is 0.208 e. The Balaban J connectivity index is 1.20. The highest BCUT2D eigenvalue weighted by atomic mass is 32.1. The first-order valence-corrected chi connectivity index (χ1v) is 22.4. The Morgan fingerprint density at radius 2 is 0.661 bits per heavy atom. The fourth-order valence-corrected chi connectivity index (χ4v) is 11.2. The van der Waals surface area contributed by atoms with Gasteiger partial charge in [0, 0.05) is 57.0 Å². The quantitative estimate of drug-likeness (QED) is 0.161. The molecule has 3 aromatic heterocycles. The van der Waals surface area contributed by atoms with Gasteiger partial charge < -0.3 is 0 Å². The van der Waals surface area contributed by atoms with Crippen LogP contribution in [-0.4, -0.2) is 15.0 Å². The molecule has 0 aliphatic heterocycles. The van der Waals surface area contributed by atoms with E-state index in [4.69, 9.17) is 15.0 Å². The smallest absolute Gasteiger partial charge is 0.165 e. The van der Waals surface area contributed by atoms with Crippen LogP contribution in [0.3, 0.4) is 0 Å². The molecule has 0 bridgehead atoms. The minimum atomic E-state index is 0.625. The number of aromatic nitrogens is 3. The molecule has 0 saturated carbocycles. The third-order valence-corrected chi connectivity index (χ3v) is 14.2. The van der Waals surface area contributed by atoms with Crippen molar-refractivity contribution in [3.8, 4) is 78.7 Å². The molecule has 290 valence electrons. The van der Waals surface area contributed by atoms with Crippen molar-refractivity contribution in [3.63, 3.8) is 0 Å². The first-order valence-electron chi connectivity index (χ1n) is 20.8. The monoisotopic (exact) mass is 825 g/mol. The van der Waals surface area contributed by atoms with Crippen molar-refractivity contribution in [3.05, 3.63) is 212 Å². The summed E-state index contributed by atoms with van der Waals surface area (Å²) in [4.78, 5) is 16.6. The third kappa shape index (κ3) is 6.29. The molecule has 3 heterocycles. The summed E-state index contributed by atoms with van der Waals surface area (Å²) in [5.41, 5.74) is 11.8. The standard InChI is InChI=1S/C57H35N3S2/c1-4-17-36(18-5-1)39-23-14-24-40(33-39)49-35-41(37-19-6-2-7-20-37)34-48(38-21-8-3-9-22-38)52(49)57-59-55(46-29-15-27-44-42-25-10-12-31-50(42)61-53(44)46)58-56(60-57)47-30-16-28-45-43-26-11-13-32-51(43)62-54(45)47/h1-35H. The lowest BCUT2D eigenvalue weighted by Crippen LogP contribution is -2.03. The molecule has 0 amide bonds. The van der Waals surface area contributed by atoms with E-state index in [1.807, 2.05) is 0 Å². The van der Waals surface area contributed by atoms with Gasteiger partial charge in [-0.3, -0.25) is 0 Å². The summed E-state index contributed by atoms with van der Waals surface area (Å²) in [7, 11) is 0. The Morgan fingerprint density at radius 1 is 0.258 bits per heavy atom. The summed E-state index contributed by atoms with van der Waals surface area (Å²) in [5, 5.41) is 4.88. The second-order valence-electron chi connectivity index (χ2n) is 15.5. The molecule has 0 radical (unpaired) electrons. The second kappa shape index (κ2) is 15.2. The van der Waals surface area contributed by atoms with E-state index < -0.39 is 0 Å². The molecule has 0 unspecified atom stereocenters. The lowest BCUT2D eigenvalue weighted by Gasteiger charge is -2.19. The average molecular weight is 826 g/mol. The molecular weight excluding hydrogens is 791 g/mol. The fraction of sp³-hybridized carbons (Fsp3) is 0. The molecule has 3 nitrogen and oxygen atoms in total. The van der Waals surface area contributed by atoms with Gasteiger partial charge >= 0.3 is 0 Å². The summed E-state index contributed by atoms with van der Waals surface area (Å²) in [6.45, 7) is 0. The van der Waals surface area contributed by atoms with Crippen molar-refractivity contribution >= 4 is 63.0 Å². The van der Waals surface area contributed by atoms with Gasteiger partial charge in [0.1, 0.15) is 0 Å². The molecule has 0 saturated heterocycles. The Bertz CT molecular complexity index is 3500. The Morgan fingerprint density at radius 3 is 1.23 bits per heavy atom. The van der Waals surface area contributed by atoms with Gasteiger partial charge in [-0.25, -0.2) is 15.0 Å². The van der Waals surface area contributed by atoms with Crippen molar-refractivity contribution in [2.45, 2.75) is 0 Å². The molecule has 12 rings (SSSR count). The first-order chi connectivity index (χ1) is 30.7.